The minimum absolute atomic E-state index is 0.0613. The lowest BCUT2D eigenvalue weighted by molar-refractivity contribution is -0.122. The van der Waals surface area contributed by atoms with Gasteiger partial charge in [-0.2, -0.15) is 0 Å². The van der Waals surface area contributed by atoms with Gasteiger partial charge in [0.05, 0.1) is 5.69 Å². The molecule has 7 nitrogen and oxygen atoms in total. The third-order valence-corrected chi connectivity index (χ3v) is 7.44. The van der Waals surface area contributed by atoms with E-state index < -0.39 is 0 Å². The summed E-state index contributed by atoms with van der Waals surface area (Å²) in [4.78, 5) is 20.5. The van der Waals surface area contributed by atoms with Gasteiger partial charge in [0.25, 0.3) is 0 Å². The van der Waals surface area contributed by atoms with Crippen LogP contribution in [0, 0.1) is 6.92 Å². The van der Waals surface area contributed by atoms with Crippen molar-refractivity contribution in [3.05, 3.63) is 95.4 Å². The van der Waals surface area contributed by atoms with Crippen LogP contribution in [0.2, 0.25) is 0 Å². The number of benzene rings is 2. The highest BCUT2D eigenvalue weighted by molar-refractivity contribution is 5.78. The number of carbonyl (C=O) groups excluding carboxylic acids is 1. The number of ether oxygens (including phenoxy) is 2. The average Bonchev–Trinajstić information content (AvgIpc) is 3.55. The molecule has 1 saturated heterocycles. The van der Waals surface area contributed by atoms with Crippen LogP contribution >= 0.6 is 0 Å². The lowest BCUT2D eigenvalue weighted by atomic mass is 9.91. The highest BCUT2D eigenvalue weighted by Gasteiger charge is 2.27. The molecule has 190 valence electrons. The summed E-state index contributed by atoms with van der Waals surface area (Å²) in [7, 11) is 0. The molecule has 37 heavy (non-hydrogen) atoms. The van der Waals surface area contributed by atoms with Crippen LogP contribution in [-0.4, -0.2) is 46.1 Å². The number of nitrogens with zero attached hydrogens (tertiary/aromatic N) is 3. The van der Waals surface area contributed by atoms with E-state index in [9.17, 15) is 4.79 Å². The summed E-state index contributed by atoms with van der Waals surface area (Å²) in [6, 6.07) is 20.8. The molecule has 0 saturated carbocycles. The van der Waals surface area contributed by atoms with Gasteiger partial charge in [-0.05, 0) is 60.7 Å². The van der Waals surface area contributed by atoms with Crippen molar-refractivity contribution in [3.63, 3.8) is 0 Å². The molecule has 0 aliphatic carbocycles. The normalized spacial score (nSPS) is 16.7. The van der Waals surface area contributed by atoms with Gasteiger partial charge in [-0.25, -0.2) is 4.98 Å². The summed E-state index contributed by atoms with van der Waals surface area (Å²) < 4.78 is 13.2. The van der Waals surface area contributed by atoms with E-state index in [2.05, 4.69) is 69.0 Å². The summed E-state index contributed by atoms with van der Waals surface area (Å²) >= 11 is 0. The molecular weight excluding hydrogens is 464 g/mol. The summed E-state index contributed by atoms with van der Waals surface area (Å²) in [6.45, 7) is 5.21. The summed E-state index contributed by atoms with van der Waals surface area (Å²) in [5, 5.41) is 3.32. The number of aromatic nitrogens is 2. The van der Waals surface area contributed by atoms with E-state index >= 15 is 0 Å². The third-order valence-electron chi connectivity index (χ3n) is 7.44. The number of nitrogens with one attached hydrogen (secondary N) is 1. The lowest BCUT2D eigenvalue weighted by Crippen LogP contribution is -2.44. The van der Waals surface area contributed by atoms with Gasteiger partial charge >= 0.3 is 0 Å². The smallest absolute Gasteiger partial charge is 0.231 e. The Hall–Kier alpha value is -3.84. The molecule has 2 aromatic heterocycles. The first-order chi connectivity index (χ1) is 18.1. The van der Waals surface area contributed by atoms with Crippen molar-refractivity contribution in [1.82, 2.24) is 19.6 Å². The highest BCUT2D eigenvalue weighted by atomic mass is 16.7. The molecule has 1 unspecified atom stereocenters. The molecule has 4 aromatic rings. The Labute approximate surface area is 217 Å². The maximum absolute atomic E-state index is 13.4. The van der Waals surface area contributed by atoms with Gasteiger partial charge in [0.1, 0.15) is 5.65 Å². The fourth-order valence-electron chi connectivity index (χ4n) is 5.43. The van der Waals surface area contributed by atoms with E-state index in [0.29, 0.717) is 6.42 Å². The van der Waals surface area contributed by atoms with Crippen molar-refractivity contribution in [2.75, 3.05) is 19.9 Å². The van der Waals surface area contributed by atoms with Gasteiger partial charge in [-0.15, -0.1) is 0 Å². The lowest BCUT2D eigenvalue weighted by Gasteiger charge is -2.32. The van der Waals surface area contributed by atoms with Crippen molar-refractivity contribution in [2.24, 2.45) is 0 Å². The molecule has 6 rings (SSSR count). The molecule has 1 amide bonds. The minimum Gasteiger partial charge on any atom is -0.454 e. The highest BCUT2D eigenvalue weighted by Crippen LogP contribution is 2.38. The van der Waals surface area contributed by atoms with E-state index in [4.69, 9.17) is 9.47 Å². The molecule has 2 aromatic carbocycles. The van der Waals surface area contributed by atoms with E-state index in [1.165, 1.54) is 5.56 Å². The van der Waals surface area contributed by atoms with Crippen molar-refractivity contribution in [3.8, 4) is 11.5 Å². The molecule has 1 N–H and O–H groups in total. The van der Waals surface area contributed by atoms with Crippen LogP contribution in [0.5, 0.6) is 11.5 Å². The van der Waals surface area contributed by atoms with E-state index in [-0.39, 0.29) is 24.7 Å². The standard InChI is InChI=1S/C30H32N4O3/c1-21-9-14-34-26(18-31-29(34)15-21)25(23-7-8-27-28(16-23)37-20-36-27)17-30(35)32-24-10-12-33(13-11-24)19-22-5-3-2-4-6-22/h2-9,14-16,18,24-25H,10-13,17,19-20H2,1H3,(H,32,35). The second-order valence-corrected chi connectivity index (χ2v) is 10.1. The zero-order chi connectivity index (χ0) is 25.2. The Morgan fingerprint density at radius 1 is 1.05 bits per heavy atom. The van der Waals surface area contributed by atoms with Crippen molar-refractivity contribution in [2.45, 2.75) is 44.7 Å². The van der Waals surface area contributed by atoms with Gasteiger partial charge in [0.15, 0.2) is 11.5 Å². The Morgan fingerprint density at radius 2 is 1.86 bits per heavy atom. The van der Waals surface area contributed by atoms with Crippen molar-refractivity contribution >= 4 is 11.6 Å². The number of amides is 1. The van der Waals surface area contributed by atoms with Gasteiger partial charge < -0.3 is 19.2 Å². The number of piperidine rings is 1. The van der Waals surface area contributed by atoms with Crippen LogP contribution in [0.15, 0.2) is 73.1 Å². The Kier molecular flexibility index (Phi) is 6.53. The van der Waals surface area contributed by atoms with Crippen molar-refractivity contribution < 1.29 is 14.3 Å². The first kappa shape index (κ1) is 23.6. The number of carbonyl (C=O) groups is 1. The number of hydrogen-bond acceptors (Lipinski definition) is 5. The van der Waals surface area contributed by atoms with Crippen LogP contribution in [0.1, 0.15) is 47.6 Å². The molecular formula is C30H32N4O3. The Bertz CT molecular complexity index is 1390. The zero-order valence-corrected chi connectivity index (χ0v) is 21.1. The number of likely N-dealkylation sites (tertiary alicyclic amines) is 1. The Morgan fingerprint density at radius 3 is 2.70 bits per heavy atom. The summed E-state index contributed by atoms with van der Waals surface area (Å²) in [6.07, 6.45) is 6.18. The molecule has 1 fully saturated rings. The largest absolute Gasteiger partial charge is 0.454 e. The summed E-state index contributed by atoms with van der Waals surface area (Å²) in [5.41, 5.74) is 5.37. The van der Waals surface area contributed by atoms with Gasteiger partial charge in [0.2, 0.25) is 12.7 Å². The second kappa shape index (κ2) is 10.3. The molecule has 0 spiro atoms. The molecule has 7 heteroatoms. The van der Waals surface area contributed by atoms with Gasteiger partial charge in [-0.1, -0.05) is 36.4 Å². The topological polar surface area (TPSA) is 68.1 Å². The van der Waals surface area contributed by atoms with Crippen LogP contribution in [0.25, 0.3) is 5.65 Å². The SMILES string of the molecule is Cc1ccn2c(C(CC(=O)NC3CCN(Cc4ccccc4)CC3)c3ccc4c(c3)OCO4)cnc2c1. The van der Waals surface area contributed by atoms with Crippen LogP contribution in [0.3, 0.4) is 0 Å². The fraction of sp³-hybridized carbons (Fsp3) is 0.333. The second-order valence-electron chi connectivity index (χ2n) is 10.1. The number of aryl methyl sites for hydroxylation is 1. The zero-order valence-electron chi connectivity index (χ0n) is 21.1. The molecule has 2 aliphatic rings. The molecule has 0 radical (unpaired) electrons. The molecule has 0 bridgehead atoms. The quantitative estimate of drug-likeness (QED) is 0.403. The van der Waals surface area contributed by atoms with Crippen LogP contribution < -0.4 is 14.8 Å². The van der Waals surface area contributed by atoms with Crippen LogP contribution in [0.4, 0.5) is 0 Å². The van der Waals surface area contributed by atoms with E-state index in [1.807, 2.05) is 30.6 Å². The van der Waals surface area contributed by atoms with Crippen LogP contribution in [-0.2, 0) is 11.3 Å². The first-order valence-electron chi connectivity index (χ1n) is 13.0. The van der Waals surface area contributed by atoms with E-state index in [0.717, 1.165) is 66.4 Å². The predicted molar refractivity (Wildman–Crippen MR) is 142 cm³/mol. The van der Waals surface area contributed by atoms with Gasteiger partial charge in [-0.3, -0.25) is 9.69 Å². The first-order valence-corrected chi connectivity index (χ1v) is 13.0. The predicted octanol–water partition coefficient (Wildman–Crippen LogP) is 4.67. The van der Waals surface area contributed by atoms with Gasteiger partial charge in [0, 0.05) is 50.4 Å². The fourth-order valence-corrected chi connectivity index (χ4v) is 5.43. The molecule has 4 heterocycles. The van der Waals surface area contributed by atoms with E-state index in [1.54, 1.807) is 0 Å². The number of imidazole rings is 1. The maximum atomic E-state index is 13.4. The summed E-state index contributed by atoms with van der Waals surface area (Å²) in [5.74, 6) is 1.36. The number of pyridine rings is 1. The number of rotatable bonds is 7. The maximum Gasteiger partial charge on any atom is 0.231 e. The number of fused-ring (bicyclic) bond motifs is 2. The number of hydrogen-bond donors (Lipinski definition) is 1. The molecule has 2 aliphatic heterocycles. The monoisotopic (exact) mass is 496 g/mol. The Balaban J connectivity index is 1.16. The van der Waals surface area contributed by atoms with Crippen molar-refractivity contribution in [1.29, 1.82) is 0 Å². The molecule has 1 atom stereocenters. The third kappa shape index (κ3) is 5.18. The average molecular weight is 497 g/mol. The minimum atomic E-state index is -0.162.